The second-order valence-corrected chi connectivity index (χ2v) is 5.96. The van der Waals surface area contributed by atoms with Crippen LogP contribution in [0.1, 0.15) is 43.5 Å². The maximum absolute atomic E-state index is 9.69. The molecule has 1 aromatic heterocycles. The maximum Gasteiger partial charge on any atom is 0.122 e. The van der Waals surface area contributed by atoms with Crippen molar-refractivity contribution in [3.8, 4) is 5.75 Å². The Morgan fingerprint density at radius 3 is 2.70 bits per heavy atom. The van der Waals surface area contributed by atoms with E-state index in [4.69, 9.17) is 4.74 Å². The second-order valence-electron chi connectivity index (χ2n) is 5.96. The molecule has 1 aromatic rings. The molecule has 0 aromatic carbocycles. The van der Waals surface area contributed by atoms with E-state index < -0.39 is 0 Å². The molecular weight excluding hydrogens is 252 g/mol. The number of aliphatic hydroxyl groups excluding tert-OH is 1. The van der Waals surface area contributed by atoms with E-state index >= 15 is 0 Å². The van der Waals surface area contributed by atoms with Crippen LogP contribution in [0.25, 0.3) is 0 Å². The molecule has 0 bridgehead atoms. The highest BCUT2D eigenvalue weighted by Gasteiger charge is 2.30. The summed E-state index contributed by atoms with van der Waals surface area (Å²) in [7, 11) is 1.68. The first kappa shape index (κ1) is 15.3. The van der Waals surface area contributed by atoms with Crippen LogP contribution in [-0.2, 0) is 6.54 Å². The van der Waals surface area contributed by atoms with E-state index in [1.807, 2.05) is 19.1 Å². The van der Waals surface area contributed by atoms with Crippen molar-refractivity contribution in [2.75, 3.05) is 20.3 Å². The summed E-state index contributed by atoms with van der Waals surface area (Å²) in [6, 6.07) is 3.90. The largest absolute Gasteiger partial charge is 0.497 e. The number of nitrogens with zero attached hydrogens (tertiary/aromatic N) is 1. The van der Waals surface area contributed by atoms with Crippen molar-refractivity contribution in [3.05, 3.63) is 23.5 Å². The Hall–Kier alpha value is -1.13. The van der Waals surface area contributed by atoms with Gasteiger partial charge in [-0.25, -0.2) is 0 Å². The Bertz CT molecular complexity index is 428. The van der Waals surface area contributed by atoms with Gasteiger partial charge in [0.2, 0.25) is 0 Å². The van der Waals surface area contributed by atoms with E-state index in [9.17, 15) is 5.11 Å². The van der Waals surface area contributed by atoms with Crippen LogP contribution in [0.5, 0.6) is 5.75 Å². The van der Waals surface area contributed by atoms with Crippen molar-refractivity contribution >= 4 is 0 Å². The van der Waals surface area contributed by atoms with Crippen LogP contribution in [0.4, 0.5) is 0 Å². The summed E-state index contributed by atoms with van der Waals surface area (Å²) < 4.78 is 5.27. The summed E-state index contributed by atoms with van der Waals surface area (Å²) in [6.45, 7) is 3.84. The summed E-state index contributed by atoms with van der Waals surface area (Å²) in [6.07, 6.45) is 6.03. The number of hydrogen-bond donors (Lipinski definition) is 2. The fraction of sp³-hybridized carbons (Fsp3) is 0.688. The quantitative estimate of drug-likeness (QED) is 0.839. The zero-order chi connectivity index (χ0) is 14.4. The SMILES string of the molecule is COc1cc(C)nc(CNCC2(CO)CCCCC2)c1. The third-order valence-corrected chi connectivity index (χ3v) is 4.27. The average molecular weight is 278 g/mol. The highest BCUT2D eigenvalue weighted by Crippen LogP contribution is 2.35. The van der Waals surface area contributed by atoms with Gasteiger partial charge in [-0.1, -0.05) is 19.3 Å². The smallest absolute Gasteiger partial charge is 0.122 e. The van der Waals surface area contributed by atoms with Crippen molar-refractivity contribution in [1.82, 2.24) is 10.3 Å². The number of methoxy groups -OCH3 is 1. The van der Waals surface area contributed by atoms with Crippen molar-refractivity contribution in [1.29, 1.82) is 0 Å². The van der Waals surface area contributed by atoms with Crippen LogP contribution < -0.4 is 10.1 Å². The van der Waals surface area contributed by atoms with Gasteiger partial charge in [-0.15, -0.1) is 0 Å². The van der Waals surface area contributed by atoms with Crippen LogP contribution >= 0.6 is 0 Å². The van der Waals surface area contributed by atoms with Crippen LogP contribution in [0.2, 0.25) is 0 Å². The molecule has 1 heterocycles. The molecule has 2 rings (SSSR count). The van der Waals surface area contributed by atoms with Crippen LogP contribution in [0.3, 0.4) is 0 Å². The molecule has 0 atom stereocenters. The Morgan fingerprint density at radius 1 is 1.30 bits per heavy atom. The van der Waals surface area contributed by atoms with Crippen molar-refractivity contribution in [3.63, 3.8) is 0 Å². The molecule has 20 heavy (non-hydrogen) atoms. The predicted molar refractivity (Wildman–Crippen MR) is 79.8 cm³/mol. The van der Waals surface area contributed by atoms with Gasteiger partial charge >= 0.3 is 0 Å². The first-order valence-electron chi connectivity index (χ1n) is 7.51. The molecule has 1 aliphatic carbocycles. The molecule has 4 nitrogen and oxygen atoms in total. The lowest BCUT2D eigenvalue weighted by Crippen LogP contribution is -2.38. The molecule has 0 spiro atoms. The minimum absolute atomic E-state index is 0.0756. The third-order valence-electron chi connectivity index (χ3n) is 4.27. The molecule has 0 saturated heterocycles. The maximum atomic E-state index is 9.69. The molecule has 0 aliphatic heterocycles. The van der Waals surface area contributed by atoms with E-state index in [-0.39, 0.29) is 12.0 Å². The van der Waals surface area contributed by atoms with Gasteiger partial charge in [0, 0.05) is 42.9 Å². The van der Waals surface area contributed by atoms with Crippen LogP contribution in [-0.4, -0.2) is 30.4 Å². The Kier molecular flexibility index (Phi) is 5.38. The zero-order valence-corrected chi connectivity index (χ0v) is 12.6. The number of aryl methyl sites for hydroxylation is 1. The van der Waals surface area contributed by atoms with Gasteiger partial charge in [0.15, 0.2) is 0 Å². The number of ether oxygens (including phenoxy) is 1. The van der Waals surface area contributed by atoms with E-state index in [1.54, 1.807) is 7.11 Å². The molecule has 0 unspecified atom stereocenters. The molecule has 4 heteroatoms. The predicted octanol–water partition coefficient (Wildman–Crippen LogP) is 2.43. The van der Waals surface area contributed by atoms with Crippen LogP contribution in [0.15, 0.2) is 12.1 Å². The van der Waals surface area contributed by atoms with E-state index in [1.165, 1.54) is 19.3 Å². The number of nitrogens with one attached hydrogen (secondary N) is 1. The van der Waals surface area contributed by atoms with E-state index in [0.29, 0.717) is 0 Å². The molecule has 0 amide bonds. The number of aromatic nitrogens is 1. The molecule has 0 radical (unpaired) electrons. The average Bonchev–Trinajstić information content (AvgIpc) is 2.47. The second kappa shape index (κ2) is 7.04. The normalized spacial score (nSPS) is 17.9. The molecule has 112 valence electrons. The van der Waals surface area contributed by atoms with Crippen molar-refractivity contribution < 1.29 is 9.84 Å². The Balaban J connectivity index is 1.90. The monoisotopic (exact) mass is 278 g/mol. The summed E-state index contributed by atoms with van der Waals surface area (Å²) in [5, 5.41) is 13.2. The van der Waals surface area contributed by atoms with E-state index in [0.717, 1.165) is 43.1 Å². The molecular formula is C16H26N2O2. The lowest BCUT2D eigenvalue weighted by Gasteiger charge is -2.35. The number of hydrogen-bond acceptors (Lipinski definition) is 4. The highest BCUT2D eigenvalue weighted by molar-refractivity contribution is 5.26. The minimum atomic E-state index is 0.0756. The van der Waals surface area contributed by atoms with Gasteiger partial charge < -0.3 is 15.2 Å². The van der Waals surface area contributed by atoms with Gasteiger partial charge in [-0.05, 0) is 19.8 Å². The number of rotatable bonds is 6. The number of aliphatic hydroxyl groups is 1. The molecule has 1 fully saturated rings. The first-order chi connectivity index (χ1) is 9.67. The van der Waals surface area contributed by atoms with Gasteiger partial charge in [0.25, 0.3) is 0 Å². The summed E-state index contributed by atoms with van der Waals surface area (Å²) >= 11 is 0. The van der Waals surface area contributed by atoms with Gasteiger partial charge in [0.05, 0.1) is 12.8 Å². The highest BCUT2D eigenvalue weighted by atomic mass is 16.5. The summed E-state index contributed by atoms with van der Waals surface area (Å²) in [5.41, 5.74) is 2.04. The fourth-order valence-electron chi connectivity index (χ4n) is 3.06. The fourth-order valence-corrected chi connectivity index (χ4v) is 3.06. The lowest BCUT2D eigenvalue weighted by molar-refractivity contribution is 0.0809. The zero-order valence-electron chi connectivity index (χ0n) is 12.6. The van der Waals surface area contributed by atoms with Gasteiger partial charge in [-0.2, -0.15) is 0 Å². The first-order valence-corrected chi connectivity index (χ1v) is 7.51. The lowest BCUT2D eigenvalue weighted by atomic mass is 9.74. The van der Waals surface area contributed by atoms with Crippen molar-refractivity contribution in [2.24, 2.45) is 5.41 Å². The van der Waals surface area contributed by atoms with Crippen LogP contribution in [0, 0.1) is 12.3 Å². The molecule has 2 N–H and O–H groups in total. The van der Waals surface area contributed by atoms with Gasteiger partial charge in [-0.3, -0.25) is 4.98 Å². The standard InChI is InChI=1S/C16H26N2O2/c1-13-8-15(20-2)9-14(18-13)10-17-11-16(12-19)6-4-3-5-7-16/h8-9,17,19H,3-7,10-12H2,1-2H3. The minimum Gasteiger partial charge on any atom is -0.497 e. The topological polar surface area (TPSA) is 54.4 Å². The summed E-state index contributed by atoms with van der Waals surface area (Å²) in [5.74, 6) is 0.851. The molecule has 1 aliphatic rings. The Morgan fingerprint density at radius 2 is 2.05 bits per heavy atom. The Labute approximate surface area is 121 Å². The van der Waals surface area contributed by atoms with Gasteiger partial charge in [0.1, 0.15) is 5.75 Å². The number of pyridine rings is 1. The molecule has 1 saturated carbocycles. The summed E-state index contributed by atoms with van der Waals surface area (Å²) in [4.78, 5) is 4.51. The third kappa shape index (κ3) is 3.93. The van der Waals surface area contributed by atoms with E-state index in [2.05, 4.69) is 10.3 Å². The van der Waals surface area contributed by atoms with Crippen molar-refractivity contribution in [2.45, 2.75) is 45.6 Å².